The lowest BCUT2D eigenvalue weighted by Gasteiger charge is -2.11. The third kappa shape index (κ3) is 1.80. The molecular formula is C9H10N8. The first kappa shape index (κ1) is 9.70. The van der Waals surface area contributed by atoms with Gasteiger partial charge in [-0.15, -0.1) is 14.8 Å². The minimum absolute atomic E-state index is 0.0337. The summed E-state index contributed by atoms with van der Waals surface area (Å²) >= 11 is 0. The second-order valence-corrected chi connectivity index (χ2v) is 3.59. The van der Waals surface area contributed by atoms with Gasteiger partial charge in [-0.2, -0.15) is 0 Å². The van der Waals surface area contributed by atoms with E-state index in [0.29, 0.717) is 11.5 Å². The highest BCUT2D eigenvalue weighted by molar-refractivity contribution is 5.42. The summed E-state index contributed by atoms with van der Waals surface area (Å²) in [7, 11) is 0. The van der Waals surface area contributed by atoms with Crippen LogP contribution in [0.2, 0.25) is 0 Å². The Morgan fingerprint density at radius 3 is 3.18 bits per heavy atom. The minimum atomic E-state index is 0.0337. The van der Waals surface area contributed by atoms with Gasteiger partial charge in [0.25, 0.3) is 0 Å². The molecular weight excluding hydrogens is 220 g/mol. The van der Waals surface area contributed by atoms with Gasteiger partial charge in [-0.25, -0.2) is 4.98 Å². The van der Waals surface area contributed by atoms with Crippen LogP contribution in [0.3, 0.4) is 0 Å². The molecule has 0 aliphatic heterocycles. The number of tetrazole rings is 1. The zero-order valence-corrected chi connectivity index (χ0v) is 9.07. The maximum atomic E-state index is 4.21. The Morgan fingerprint density at radius 1 is 1.41 bits per heavy atom. The Kier molecular flexibility index (Phi) is 2.18. The summed E-state index contributed by atoms with van der Waals surface area (Å²) < 4.78 is 1.37. The molecule has 86 valence electrons. The zero-order valence-electron chi connectivity index (χ0n) is 9.07. The van der Waals surface area contributed by atoms with Crippen LogP contribution in [-0.4, -0.2) is 35.2 Å². The number of aromatic nitrogens is 7. The molecule has 1 unspecified atom stereocenters. The Balaban J connectivity index is 1.84. The molecule has 0 aliphatic rings. The highest BCUT2D eigenvalue weighted by atomic mass is 15.6. The van der Waals surface area contributed by atoms with Crippen LogP contribution in [0.15, 0.2) is 24.5 Å². The molecule has 3 rings (SSSR count). The maximum Gasteiger partial charge on any atom is 0.200 e. The first-order valence-electron chi connectivity index (χ1n) is 5.14. The summed E-state index contributed by atoms with van der Waals surface area (Å²) in [5.41, 5.74) is 0.612. The number of H-pyrrole nitrogens is 1. The molecule has 0 aliphatic carbocycles. The van der Waals surface area contributed by atoms with Crippen molar-refractivity contribution in [3.05, 3.63) is 30.4 Å². The molecule has 0 spiro atoms. The molecule has 0 amide bonds. The number of nitrogens with zero attached hydrogens (tertiary/aromatic N) is 6. The van der Waals surface area contributed by atoms with Crippen molar-refractivity contribution in [3.8, 4) is 0 Å². The lowest BCUT2D eigenvalue weighted by molar-refractivity contribution is 0.723. The zero-order chi connectivity index (χ0) is 11.7. The van der Waals surface area contributed by atoms with Crippen LogP contribution < -0.4 is 5.32 Å². The average Bonchev–Trinajstić information content (AvgIpc) is 2.99. The fourth-order valence-corrected chi connectivity index (χ4v) is 1.53. The van der Waals surface area contributed by atoms with Crippen molar-refractivity contribution in [2.45, 2.75) is 13.0 Å². The van der Waals surface area contributed by atoms with Gasteiger partial charge in [0.15, 0.2) is 5.65 Å². The van der Waals surface area contributed by atoms with Crippen molar-refractivity contribution < 1.29 is 0 Å². The molecule has 0 saturated carbocycles. The van der Waals surface area contributed by atoms with Crippen molar-refractivity contribution in [1.29, 1.82) is 0 Å². The van der Waals surface area contributed by atoms with Gasteiger partial charge in [0.05, 0.1) is 6.04 Å². The quantitative estimate of drug-likeness (QED) is 0.676. The summed E-state index contributed by atoms with van der Waals surface area (Å²) in [5.74, 6) is 1.54. The molecule has 0 bridgehead atoms. The number of hydrogen-bond acceptors (Lipinski definition) is 6. The van der Waals surface area contributed by atoms with Gasteiger partial charge in [0, 0.05) is 12.4 Å². The minimum Gasteiger partial charge on any atom is -0.359 e. The van der Waals surface area contributed by atoms with Gasteiger partial charge in [-0.05, 0) is 29.5 Å². The fraction of sp³-hybridized carbons (Fsp3) is 0.222. The van der Waals surface area contributed by atoms with Gasteiger partial charge in [-0.3, -0.25) is 0 Å². The monoisotopic (exact) mass is 230 g/mol. The van der Waals surface area contributed by atoms with Crippen molar-refractivity contribution in [2.75, 3.05) is 5.32 Å². The molecule has 17 heavy (non-hydrogen) atoms. The molecule has 0 aromatic carbocycles. The largest absolute Gasteiger partial charge is 0.359 e. The Morgan fingerprint density at radius 2 is 2.35 bits per heavy atom. The lowest BCUT2D eigenvalue weighted by atomic mass is 10.3. The van der Waals surface area contributed by atoms with Crippen LogP contribution in [0.4, 0.5) is 5.82 Å². The lowest BCUT2D eigenvalue weighted by Crippen LogP contribution is -2.11. The number of imidazole rings is 1. The summed E-state index contributed by atoms with van der Waals surface area (Å²) in [6, 6.07) is 3.65. The summed E-state index contributed by atoms with van der Waals surface area (Å²) in [4.78, 5) is 7.21. The van der Waals surface area contributed by atoms with Gasteiger partial charge in [0.1, 0.15) is 11.6 Å². The number of nitrogens with one attached hydrogen (secondary N) is 2. The van der Waals surface area contributed by atoms with Crippen molar-refractivity contribution >= 4 is 11.5 Å². The van der Waals surface area contributed by atoms with Crippen molar-refractivity contribution in [1.82, 2.24) is 35.2 Å². The number of anilines is 1. The van der Waals surface area contributed by atoms with Crippen molar-refractivity contribution in [3.63, 3.8) is 0 Å². The molecule has 8 heteroatoms. The standard InChI is InChI=1S/C9H10N8/c1-6(9-10-4-5-11-9)12-7-2-3-8-13-15-16-17(8)14-7/h2-6H,1H3,(H,10,11)(H,12,14). The highest BCUT2D eigenvalue weighted by Gasteiger charge is 2.08. The molecule has 3 aromatic rings. The molecule has 0 fully saturated rings. The van der Waals surface area contributed by atoms with Gasteiger partial charge in [-0.1, -0.05) is 0 Å². The van der Waals surface area contributed by atoms with Crippen LogP contribution in [0.25, 0.3) is 5.65 Å². The van der Waals surface area contributed by atoms with Crippen LogP contribution in [0.5, 0.6) is 0 Å². The molecule has 2 N–H and O–H groups in total. The third-order valence-electron chi connectivity index (χ3n) is 2.36. The van der Waals surface area contributed by atoms with E-state index in [0.717, 1.165) is 5.82 Å². The van der Waals surface area contributed by atoms with Gasteiger partial charge >= 0.3 is 0 Å². The summed E-state index contributed by atoms with van der Waals surface area (Å²) in [6.07, 6.45) is 3.50. The third-order valence-corrected chi connectivity index (χ3v) is 2.36. The predicted octanol–water partition coefficient (Wildman–Crippen LogP) is 0.415. The molecule has 3 aromatic heterocycles. The van der Waals surface area contributed by atoms with E-state index in [4.69, 9.17) is 0 Å². The summed E-state index contributed by atoms with van der Waals surface area (Å²) in [6.45, 7) is 1.99. The Labute approximate surface area is 96.1 Å². The average molecular weight is 230 g/mol. The molecule has 1 atom stereocenters. The van der Waals surface area contributed by atoms with Crippen LogP contribution in [0.1, 0.15) is 18.8 Å². The molecule has 0 saturated heterocycles. The first-order chi connectivity index (χ1) is 8.33. The predicted molar refractivity (Wildman–Crippen MR) is 59.2 cm³/mol. The van der Waals surface area contributed by atoms with Crippen LogP contribution in [0, 0.1) is 0 Å². The number of fused-ring (bicyclic) bond motifs is 1. The number of hydrogen-bond donors (Lipinski definition) is 2. The van der Waals surface area contributed by atoms with Crippen molar-refractivity contribution in [2.24, 2.45) is 0 Å². The maximum absolute atomic E-state index is 4.21. The second-order valence-electron chi connectivity index (χ2n) is 3.59. The van der Waals surface area contributed by atoms with E-state index in [2.05, 4.69) is 35.9 Å². The Bertz CT molecular complexity index is 613. The fourth-order valence-electron chi connectivity index (χ4n) is 1.53. The number of rotatable bonds is 3. The van der Waals surface area contributed by atoms with Crippen LogP contribution in [-0.2, 0) is 0 Å². The van der Waals surface area contributed by atoms with E-state index in [1.807, 2.05) is 13.0 Å². The van der Waals surface area contributed by atoms with E-state index in [9.17, 15) is 0 Å². The Hall–Kier alpha value is -2.51. The molecule has 8 nitrogen and oxygen atoms in total. The van der Waals surface area contributed by atoms with E-state index in [1.165, 1.54) is 4.63 Å². The van der Waals surface area contributed by atoms with Gasteiger partial charge in [0.2, 0.25) is 0 Å². The smallest absolute Gasteiger partial charge is 0.200 e. The normalized spacial score (nSPS) is 12.8. The number of aromatic amines is 1. The second kappa shape index (κ2) is 3.81. The van der Waals surface area contributed by atoms with Gasteiger partial charge < -0.3 is 10.3 Å². The SMILES string of the molecule is CC(Nc1ccc2nnnn2n1)c1ncc[nH]1. The van der Waals surface area contributed by atoms with E-state index >= 15 is 0 Å². The molecule has 3 heterocycles. The van der Waals surface area contributed by atoms with E-state index < -0.39 is 0 Å². The van der Waals surface area contributed by atoms with E-state index in [-0.39, 0.29) is 6.04 Å². The first-order valence-corrected chi connectivity index (χ1v) is 5.14. The van der Waals surface area contributed by atoms with Crippen LogP contribution >= 0.6 is 0 Å². The summed E-state index contributed by atoms with van der Waals surface area (Å²) in [5, 5.41) is 18.5. The topological polar surface area (TPSA) is 96.7 Å². The molecule has 0 radical (unpaired) electrons. The highest BCUT2D eigenvalue weighted by Crippen LogP contribution is 2.13. The van der Waals surface area contributed by atoms with E-state index in [1.54, 1.807) is 18.5 Å².